The minimum atomic E-state index is 0.0173. The molecule has 0 fully saturated rings. The molecule has 0 saturated heterocycles. The van der Waals surface area contributed by atoms with Gasteiger partial charge in [0.05, 0.1) is 5.71 Å². The lowest BCUT2D eigenvalue weighted by Crippen LogP contribution is -2.18. The van der Waals surface area contributed by atoms with Crippen molar-refractivity contribution in [1.82, 2.24) is 5.43 Å². The van der Waals surface area contributed by atoms with Crippen LogP contribution in [0.3, 0.4) is 0 Å². The second-order valence-corrected chi connectivity index (χ2v) is 4.35. The molecule has 3 nitrogen and oxygen atoms in total. The summed E-state index contributed by atoms with van der Waals surface area (Å²) in [6.07, 6.45) is 4.47. The molecule has 3 heteroatoms. The molecule has 2 rings (SSSR count). The Morgan fingerprint density at radius 3 is 3.00 bits per heavy atom. The van der Waals surface area contributed by atoms with Gasteiger partial charge in [-0.3, -0.25) is 4.79 Å². The van der Waals surface area contributed by atoms with Crippen LogP contribution >= 0.6 is 0 Å². The van der Waals surface area contributed by atoms with Crippen molar-refractivity contribution >= 4 is 11.6 Å². The van der Waals surface area contributed by atoms with E-state index >= 15 is 0 Å². The van der Waals surface area contributed by atoms with Crippen molar-refractivity contribution in [3.8, 4) is 0 Å². The van der Waals surface area contributed by atoms with Crippen LogP contribution in [-0.2, 0) is 11.2 Å². The lowest BCUT2D eigenvalue weighted by atomic mass is 10.1. The molecule has 0 heterocycles. The van der Waals surface area contributed by atoms with E-state index in [0.717, 1.165) is 31.4 Å². The van der Waals surface area contributed by atoms with E-state index in [0.29, 0.717) is 6.42 Å². The molecule has 0 radical (unpaired) electrons. The van der Waals surface area contributed by atoms with Crippen molar-refractivity contribution in [3.05, 3.63) is 35.4 Å². The first kappa shape index (κ1) is 11.8. The van der Waals surface area contributed by atoms with E-state index in [9.17, 15) is 4.79 Å². The van der Waals surface area contributed by atoms with E-state index in [1.54, 1.807) is 0 Å². The number of hydrazone groups is 1. The first-order chi connectivity index (χ1) is 8.31. The molecule has 17 heavy (non-hydrogen) atoms. The average molecular weight is 230 g/mol. The number of carbonyl (C=O) groups is 1. The van der Waals surface area contributed by atoms with Gasteiger partial charge in [-0.2, -0.15) is 5.10 Å². The van der Waals surface area contributed by atoms with Crippen molar-refractivity contribution in [2.24, 2.45) is 5.10 Å². The van der Waals surface area contributed by atoms with Crippen LogP contribution in [0.25, 0.3) is 0 Å². The maximum absolute atomic E-state index is 11.5. The number of hydrogen-bond acceptors (Lipinski definition) is 2. The van der Waals surface area contributed by atoms with Crippen LogP contribution in [0.2, 0.25) is 0 Å². The third-order valence-corrected chi connectivity index (χ3v) is 3.03. The Morgan fingerprint density at radius 2 is 2.18 bits per heavy atom. The van der Waals surface area contributed by atoms with Crippen molar-refractivity contribution in [1.29, 1.82) is 0 Å². The highest BCUT2D eigenvalue weighted by atomic mass is 16.2. The monoisotopic (exact) mass is 230 g/mol. The van der Waals surface area contributed by atoms with Gasteiger partial charge >= 0.3 is 0 Å². The van der Waals surface area contributed by atoms with Crippen LogP contribution in [0.1, 0.15) is 43.7 Å². The minimum Gasteiger partial charge on any atom is -0.273 e. The van der Waals surface area contributed by atoms with Crippen molar-refractivity contribution in [3.63, 3.8) is 0 Å². The summed E-state index contributed by atoms with van der Waals surface area (Å²) < 4.78 is 0. The van der Waals surface area contributed by atoms with Crippen LogP contribution in [0.15, 0.2) is 29.4 Å². The SMILES string of the molecule is CCCCC(=O)N/N=C1\CCc2ccccc21. The van der Waals surface area contributed by atoms with Crippen molar-refractivity contribution < 1.29 is 4.79 Å². The summed E-state index contributed by atoms with van der Waals surface area (Å²) in [7, 11) is 0. The number of fused-ring (bicyclic) bond motifs is 1. The molecule has 0 atom stereocenters. The fraction of sp³-hybridized carbons (Fsp3) is 0.429. The quantitative estimate of drug-likeness (QED) is 0.794. The normalized spacial score (nSPS) is 15.9. The Labute approximate surface area is 102 Å². The molecule has 0 spiro atoms. The summed E-state index contributed by atoms with van der Waals surface area (Å²) in [5, 5.41) is 4.23. The zero-order valence-electron chi connectivity index (χ0n) is 10.2. The first-order valence-corrected chi connectivity index (χ1v) is 6.25. The molecule has 0 bridgehead atoms. The van der Waals surface area contributed by atoms with Gasteiger partial charge < -0.3 is 0 Å². The molecular weight excluding hydrogens is 212 g/mol. The molecule has 1 aliphatic rings. The average Bonchev–Trinajstić information content (AvgIpc) is 2.77. The summed E-state index contributed by atoms with van der Waals surface area (Å²) in [6, 6.07) is 8.25. The van der Waals surface area contributed by atoms with E-state index in [1.807, 2.05) is 12.1 Å². The Bertz CT molecular complexity index is 438. The second kappa shape index (κ2) is 5.62. The third-order valence-electron chi connectivity index (χ3n) is 3.03. The van der Waals surface area contributed by atoms with Crippen molar-refractivity contribution in [2.75, 3.05) is 0 Å². The maximum atomic E-state index is 11.5. The number of benzene rings is 1. The van der Waals surface area contributed by atoms with E-state index in [4.69, 9.17) is 0 Å². The number of rotatable bonds is 4. The number of carbonyl (C=O) groups excluding carboxylic acids is 1. The van der Waals surface area contributed by atoms with Gasteiger partial charge in [-0.25, -0.2) is 5.43 Å². The topological polar surface area (TPSA) is 41.5 Å². The largest absolute Gasteiger partial charge is 0.273 e. The van der Waals surface area contributed by atoms with Gasteiger partial charge in [0, 0.05) is 12.0 Å². The molecule has 0 saturated carbocycles. The molecule has 1 aromatic rings. The predicted octanol–water partition coefficient (Wildman–Crippen LogP) is 2.64. The van der Waals surface area contributed by atoms with Gasteiger partial charge in [0.15, 0.2) is 0 Å². The Kier molecular flexibility index (Phi) is 3.91. The Balaban J connectivity index is 1.98. The van der Waals surface area contributed by atoms with Crippen LogP contribution in [0, 0.1) is 0 Å². The number of nitrogens with one attached hydrogen (secondary N) is 1. The predicted molar refractivity (Wildman–Crippen MR) is 69.0 cm³/mol. The molecule has 0 aromatic heterocycles. The summed E-state index contributed by atoms with van der Waals surface area (Å²) >= 11 is 0. The molecule has 1 aromatic carbocycles. The summed E-state index contributed by atoms with van der Waals surface area (Å²) in [5.41, 5.74) is 6.17. The lowest BCUT2D eigenvalue weighted by Gasteiger charge is -2.01. The molecular formula is C14H18N2O. The van der Waals surface area contributed by atoms with Gasteiger partial charge in [-0.1, -0.05) is 37.6 Å². The Morgan fingerprint density at radius 1 is 1.35 bits per heavy atom. The van der Waals surface area contributed by atoms with Crippen LogP contribution < -0.4 is 5.43 Å². The van der Waals surface area contributed by atoms with Gasteiger partial charge in [0.1, 0.15) is 0 Å². The van der Waals surface area contributed by atoms with Crippen LogP contribution in [0.4, 0.5) is 0 Å². The van der Waals surface area contributed by atoms with E-state index in [1.165, 1.54) is 11.1 Å². The number of aryl methyl sites for hydroxylation is 1. The summed E-state index contributed by atoms with van der Waals surface area (Å²) in [6.45, 7) is 2.08. The fourth-order valence-electron chi connectivity index (χ4n) is 2.05. The zero-order chi connectivity index (χ0) is 12.1. The van der Waals surface area contributed by atoms with Gasteiger partial charge in [-0.15, -0.1) is 0 Å². The number of hydrogen-bond donors (Lipinski definition) is 1. The third kappa shape index (κ3) is 2.93. The summed E-state index contributed by atoms with van der Waals surface area (Å²) in [4.78, 5) is 11.5. The lowest BCUT2D eigenvalue weighted by molar-refractivity contribution is -0.121. The standard InChI is InChI=1S/C14H18N2O/c1-2-3-8-14(17)16-15-13-10-9-11-6-4-5-7-12(11)13/h4-7H,2-3,8-10H2,1H3,(H,16,17)/b15-13+. The summed E-state index contributed by atoms with van der Waals surface area (Å²) in [5.74, 6) is 0.0173. The molecule has 0 aliphatic heterocycles. The van der Waals surface area contributed by atoms with E-state index < -0.39 is 0 Å². The number of unbranched alkanes of at least 4 members (excludes halogenated alkanes) is 1. The van der Waals surface area contributed by atoms with Gasteiger partial charge in [-0.05, 0) is 24.8 Å². The maximum Gasteiger partial charge on any atom is 0.240 e. The molecule has 1 N–H and O–H groups in total. The van der Waals surface area contributed by atoms with Gasteiger partial charge in [0.2, 0.25) is 5.91 Å². The second-order valence-electron chi connectivity index (χ2n) is 4.35. The first-order valence-electron chi connectivity index (χ1n) is 6.25. The van der Waals surface area contributed by atoms with E-state index in [-0.39, 0.29) is 5.91 Å². The highest BCUT2D eigenvalue weighted by molar-refractivity contribution is 6.04. The number of nitrogens with zero attached hydrogens (tertiary/aromatic N) is 1. The van der Waals surface area contributed by atoms with E-state index in [2.05, 4.69) is 29.6 Å². The van der Waals surface area contributed by atoms with Crippen LogP contribution in [-0.4, -0.2) is 11.6 Å². The van der Waals surface area contributed by atoms with Crippen molar-refractivity contribution in [2.45, 2.75) is 39.0 Å². The molecule has 90 valence electrons. The zero-order valence-corrected chi connectivity index (χ0v) is 10.2. The molecule has 0 unspecified atom stereocenters. The molecule has 1 amide bonds. The highest BCUT2D eigenvalue weighted by Gasteiger charge is 2.16. The fourth-order valence-corrected chi connectivity index (χ4v) is 2.05. The van der Waals surface area contributed by atoms with Gasteiger partial charge in [0.25, 0.3) is 0 Å². The smallest absolute Gasteiger partial charge is 0.240 e. The molecule has 1 aliphatic carbocycles. The Hall–Kier alpha value is -1.64. The van der Waals surface area contributed by atoms with Crippen LogP contribution in [0.5, 0.6) is 0 Å². The highest BCUT2D eigenvalue weighted by Crippen LogP contribution is 2.21. The minimum absolute atomic E-state index is 0.0173. The number of amides is 1.